The van der Waals surface area contributed by atoms with E-state index in [-0.39, 0.29) is 18.0 Å². The third-order valence-corrected chi connectivity index (χ3v) is 11.4. The number of sulfone groups is 1. The topological polar surface area (TPSA) is 103 Å². The lowest BCUT2D eigenvalue weighted by Crippen LogP contribution is -2.50. The molecular weight excluding hydrogens is 535 g/mol. The Morgan fingerprint density at radius 1 is 1.08 bits per heavy atom. The predicted molar refractivity (Wildman–Crippen MR) is 156 cm³/mol. The van der Waals surface area contributed by atoms with E-state index in [0.717, 1.165) is 30.4 Å². The molecule has 0 saturated carbocycles. The van der Waals surface area contributed by atoms with Crippen LogP contribution >= 0.6 is 7.60 Å². The minimum Gasteiger partial charge on any atom is -0.496 e. The Morgan fingerprint density at radius 2 is 1.77 bits per heavy atom. The lowest BCUT2D eigenvalue weighted by atomic mass is 9.88. The average Bonchev–Trinajstić information content (AvgIpc) is 3.02. The highest BCUT2D eigenvalue weighted by Crippen LogP contribution is 2.47. The van der Waals surface area contributed by atoms with Gasteiger partial charge in [0.15, 0.2) is 9.84 Å². The molecule has 10 heteroatoms. The summed E-state index contributed by atoms with van der Waals surface area (Å²) in [6.45, 7) is 9.11. The summed E-state index contributed by atoms with van der Waals surface area (Å²) in [5.41, 5.74) is 1.90. The monoisotopic (exact) mass is 580 g/mol. The molecule has 1 aliphatic rings. The van der Waals surface area contributed by atoms with Crippen molar-refractivity contribution in [1.29, 1.82) is 0 Å². The SMILES string of the molecule is CCCC[C@]1(CC)CS(=O)(=O)c2cc(CNCCP(=O)(OCC)OCC)c(OC)cc2[C@@H](c2ccccc2)N1. The number of unbranched alkanes of at least 4 members (excludes halogenated alkanes) is 1. The Morgan fingerprint density at radius 3 is 2.36 bits per heavy atom. The van der Waals surface area contributed by atoms with Crippen LogP contribution in [0.5, 0.6) is 5.75 Å². The molecule has 8 nitrogen and oxygen atoms in total. The number of methoxy groups -OCH3 is 1. The molecule has 0 radical (unpaired) electrons. The standard InChI is InChI=1S/C29H45N2O6PS/c1-6-10-16-29(7-2)22-39(33,34)27-19-24(21-30-17-18-38(32,36-8-3)37-9-4)26(35-5)20-25(27)28(31-29)23-14-12-11-13-15-23/h11-15,19-20,28,30-31H,6-10,16-18,21-22H2,1-5H3/t28-,29-/m1/s1. The van der Waals surface area contributed by atoms with Gasteiger partial charge in [-0.3, -0.25) is 9.88 Å². The van der Waals surface area contributed by atoms with Crippen molar-refractivity contribution in [3.8, 4) is 5.75 Å². The average molecular weight is 581 g/mol. The van der Waals surface area contributed by atoms with Crippen LogP contribution in [0, 0.1) is 0 Å². The van der Waals surface area contributed by atoms with Gasteiger partial charge in [0.2, 0.25) is 0 Å². The summed E-state index contributed by atoms with van der Waals surface area (Å²) in [7, 11) is -5.19. The van der Waals surface area contributed by atoms with Gasteiger partial charge in [-0.05, 0) is 49.9 Å². The molecule has 1 heterocycles. The van der Waals surface area contributed by atoms with Crippen molar-refractivity contribution < 1.29 is 26.8 Å². The van der Waals surface area contributed by atoms with Crippen molar-refractivity contribution in [1.82, 2.24) is 10.6 Å². The third kappa shape index (κ3) is 7.93. The molecule has 0 amide bonds. The summed E-state index contributed by atoms with van der Waals surface area (Å²) < 4.78 is 57.3. The number of hydrogen-bond donors (Lipinski definition) is 2. The zero-order valence-corrected chi connectivity index (χ0v) is 25.7. The van der Waals surface area contributed by atoms with Gasteiger partial charge < -0.3 is 19.1 Å². The minimum atomic E-state index is -3.62. The Bertz CT molecular complexity index is 1210. The molecule has 2 N–H and O–H groups in total. The lowest BCUT2D eigenvalue weighted by molar-refractivity contribution is 0.220. The van der Waals surface area contributed by atoms with Gasteiger partial charge in [-0.25, -0.2) is 8.42 Å². The van der Waals surface area contributed by atoms with E-state index in [9.17, 15) is 13.0 Å². The van der Waals surface area contributed by atoms with E-state index < -0.39 is 23.0 Å². The van der Waals surface area contributed by atoms with Crippen LogP contribution in [0.1, 0.15) is 76.1 Å². The number of ether oxygens (including phenoxy) is 1. The van der Waals surface area contributed by atoms with Gasteiger partial charge in [0.1, 0.15) is 5.75 Å². The van der Waals surface area contributed by atoms with Gasteiger partial charge in [0.25, 0.3) is 0 Å². The molecule has 2 aromatic carbocycles. The van der Waals surface area contributed by atoms with Crippen LogP contribution in [-0.2, 0) is 30.0 Å². The summed E-state index contributed by atoms with van der Waals surface area (Å²) >= 11 is 0. The van der Waals surface area contributed by atoms with Crippen LogP contribution in [0.3, 0.4) is 0 Å². The fourth-order valence-electron chi connectivity index (χ4n) is 5.26. The molecule has 218 valence electrons. The number of nitrogens with one attached hydrogen (secondary N) is 2. The first-order valence-corrected chi connectivity index (χ1v) is 17.4. The summed E-state index contributed by atoms with van der Waals surface area (Å²) in [5.74, 6) is 0.646. The van der Waals surface area contributed by atoms with E-state index in [0.29, 0.717) is 48.9 Å². The maximum Gasteiger partial charge on any atom is 0.331 e. The van der Waals surface area contributed by atoms with Crippen molar-refractivity contribution in [2.75, 3.05) is 38.8 Å². The Kier molecular flexibility index (Phi) is 11.6. The van der Waals surface area contributed by atoms with Crippen molar-refractivity contribution in [2.45, 2.75) is 76.4 Å². The van der Waals surface area contributed by atoms with Crippen molar-refractivity contribution in [3.63, 3.8) is 0 Å². The van der Waals surface area contributed by atoms with Gasteiger partial charge >= 0.3 is 7.60 Å². The van der Waals surface area contributed by atoms with E-state index in [1.54, 1.807) is 27.0 Å². The summed E-state index contributed by atoms with van der Waals surface area (Å²) in [4.78, 5) is 0.336. The molecule has 0 aliphatic carbocycles. The predicted octanol–water partition coefficient (Wildman–Crippen LogP) is 5.86. The molecular formula is C29H45N2O6PS. The van der Waals surface area contributed by atoms with Crippen molar-refractivity contribution in [2.24, 2.45) is 0 Å². The highest BCUT2D eigenvalue weighted by atomic mass is 32.2. The Balaban J connectivity index is 2.00. The Hall–Kier alpha value is -1.74. The minimum absolute atomic E-state index is 0.0396. The zero-order chi connectivity index (χ0) is 28.5. The molecule has 0 saturated heterocycles. The lowest BCUT2D eigenvalue weighted by Gasteiger charge is -2.36. The second-order valence-electron chi connectivity index (χ2n) is 10.0. The molecule has 2 aromatic rings. The fraction of sp³-hybridized carbons (Fsp3) is 0.586. The van der Waals surface area contributed by atoms with Gasteiger partial charge in [0.05, 0.1) is 43.2 Å². The first-order chi connectivity index (χ1) is 18.7. The fourth-order valence-corrected chi connectivity index (χ4v) is 8.98. The van der Waals surface area contributed by atoms with Gasteiger partial charge in [0, 0.05) is 24.2 Å². The second-order valence-corrected chi connectivity index (χ2v) is 14.2. The van der Waals surface area contributed by atoms with E-state index in [2.05, 4.69) is 24.5 Å². The molecule has 0 unspecified atom stereocenters. The normalized spacial score (nSPS) is 20.8. The highest BCUT2D eigenvalue weighted by molar-refractivity contribution is 7.91. The first kappa shape index (κ1) is 31.8. The Labute approximate surface area is 234 Å². The van der Waals surface area contributed by atoms with E-state index >= 15 is 0 Å². The van der Waals surface area contributed by atoms with E-state index in [4.69, 9.17) is 13.8 Å². The van der Waals surface area contributed by atoms with Crippen LogP contribution in [0.15, 0.2) is 47.4 Å². The van der Waals surface area contributed by atoms with Crippen LogP contribution in [-0.4, -0.2) is 52.7 Å². The molecule has 3 rings (SSSR count). The second kappa shape index (κ2) is 14.2. The molecule has 0 bridgehead atoms. The maximum absolute atomic E-state index is 14.0. The largest absolute Gasteiger partial charge is 0.496 e. The van der Waals surface area contributed by atoms with Crippen LogP contribution in [0.25, 0.3) is 0 Å². The van der Waals surface area contributed by atoms with Crippen molar-refractivity contribution in [3.05, 3.63) is 59.2 Å². The number of hydrogen-bond acceptors (Lipinski definition) is 8. The van der Waals surface area contributed by atoms with Gasteiger partial charge in [-0.1, -0.05) is 57.0 Å². The van der Waals surface area contributed by atoms with Gasteiger partial charge in [-0.2, -0.15) is 0 Å². The maximum atomic E-state index is 14.0. The zero-order valence-electron chi connectivity index (χ0n) is 24.0. The summed E-state index contributed by atoms with van der Waals surface area (Å²) in [6, 6.07) is 13.3. The smallest absolute Gasteiger partial charge is 0.331 e. The third-order valence-electron chi connectivity index (χ3n) is 7.32. The van der Waals surface area contributed by atoms with Crippen LogP contribution < -0.4 is 15.4 Å². The van der Waals surface area contributed by atoms with E-state index in [1.807, 2.05) is 36.4 Å². The molecule has 2 atom stereocenters. The summed E-state index contributed by atoms with van der Waals surface area (Å²) in [6.07, 6.45) is 3.64. The quantitative estimate of drug-likeness (QED) is 0.200. The summed E-state index contributed by atoms with van der Waals surface area (Å²) in [5, 5.41) is 7.07. The number of benzene rings is 2. The first-order valence-electron chi connectivity index (χ1n) is 14.0. The molecule has 0 aromatic heterocycles. The molecule has 0 spiro atoms. The van der Waals surface area contributed by atoms with E-state index in [1.165, 1.54) is 0 Å². The number of fused-ring (bicyclic) bond motifs is 1. The molecule has 39 heavy (non-hydrogen) atoms. The van der Waals surface area contributed by atoms with Crippen LogP contribution in [0.2, 0.25) is 0 Å². The number of rotatable bonds is 15. The highest BCUT2D eigenvalue weighted by Gasteiger charge is 2.42. The van der Waals surface area contributed by atoms with Crippen LogP contribution in [0.4, 0.5) is 0 Å². The molecule has 1 aliphatic heterocycles. The van der Waals surface area contributed by atoms with Crippen molar-refractivity contribution >= 4 is 17.4 Å². The van der Waals surface area contributed by atoms with Gasteiger partial charge in [-0.15, -0.1) is 0 Å². The molecule has 0 fully saturated rings.